The Morgan fingerprint density at radius 2 is 1.62 bits per heavy atom. The highest BCUT2D eigenvalue weighted by Crippen LogP contribution is 2.32. The molecule has 8 nitrogen and oxygen atoms in total. The van der Waals surface area contributed by atoms with Crippen molar-refractivity contribution in [2.45, 2.75) is 56.6 Å². The van der Waals surface area contributed by atoms with Crippen LogP contribution in [0.5, 0.6) is 0 Å². The van der Waals surface area contributed by atoms with E-state index in [1.165, 1.54) is 28.6 Å². The van der Waals surface area contributed by atoms with Crippen molar-refractivity contribution in [3.8, 4) is 11.3 Å². The highest BCUT2D eigenvalue weighted by Gasteiger charge is 2.39. The Morgan fingerprint density at radius 1 is 0.956 bits per heavy atom. The van der Waals surface area contributed by atoms with Crippen molar-refractivity contribution < 1.29 is 30.8 Å². The summed E-state index contributed by atoms with van der Waals surface area (Å²) in [6.07, 6.45) is -3.34. The van der Waals surface area contributed by atoms with E-state index in [-0.39, 0.29) is 30.1 Å². The van der Waals surface area contributed by atoms with E-state index >= 15 is 0 Å². The van der Waals surface area contributed by atoms with Gasteiger partial charge in [0.1, 0.15) is 5.82 Å². The second-order valence-electron chi connectivity index (χ2n) is 12.0. The van der Waals surface area contributed by atoms with Crippen molar-refractivity contribution in [1.82, 2.24) is 19.2 Å². The average molecular weight is 648 g/mol. The van der Waals surface area contributed by atoms with Crippen LogP contribution in [0.25, 0.3) is 11.3 Å². The van der Waals surface area contributed by atoms with Gasteiger partial charge in [0.25, 0.3) is 0 Å². The molecule has 2 saturated heterocycles. The van der Waals surface area contributed by atoms with Crippen molar-refractivity contribution in [2.24, 2.45) is 5.92 Å². The Bertz CT molecular complexity index is 1590. The summed E-state index contributed by atoms with van der Waals surface area (Å²) in [7, 11) is -3.99. The molecule has 1 aromatic heterocycles. The largest absolute Gasteiger partial charge is 0.416 e. The standard InChI is InChI=1S/C32H37F4N5O3S/c1-22(2)21-39-16-18-40(19-17-39)31-37-26(20-28(38-31)23-5-7-24(8-6-23)32(34,35)36)11-14-30(42)29-4-3-15-41(29)45(43,44)27-12-9-25(33)10-13-27/h5-10,12-13,20,22,29H,3-4,11,14-19,21H2,1-2H3/t29-/m0/s1. The Kier molecular flexibility index (Phi) is 9.90. The second-order valence-corrected chi connectivity index (χ2v) is 13.9. The van der Waals surface area contributed by atoms with E-state index in [1.807, 2.05) is 4.90 Å². The zero-order chi connectivity index (χ0) is 32.4. The highest BCUT2D eigenvalue weighted by molar-refractivity contribution is 7.89. The van der Waals surface area contributed by atoms with Gasteiger partial charge in [0.05, 0.1) is 22.2 Å². The number of hydrogen-bond acceptors (Lipinski definition) is 7. The first-order chi connectivity index (χ1) is 21.3. The molecule has 2 aromatic carbocycles. The van der Waals surface area contributed by atoms with Crippen LogP contribution in [0.1, 0.15) is 44.4 Å². The van der Waals surface area contributed by atoms with Crippen molar-refractivity contribution >= 4 is 21.8 Å². The maximum atomic E-state index is 13.4. The number of anilines is 1. The third kappa shape index (κ3) is 7.87. The van der Waals surface area contributed by atoms with Crippen molar-refractivity contribution in [1.29, 1.82) is 0 Å². The van der Waals surface area contributed by atoms with Crippen molar-refractivity contribution in [2.75, 3.05) is 44.2 Å². The van der Waals surface area contributed by atoms with E-state index in [2.05, 4.69) is 18.7 Å². The zero-order valence-corrected chi connectivity index (χ0v) is 26.1. The first-order valence-corrected chi connectivity index (χ1v) is 16.6. The van der Waals surface area contributed by atoms with Gasteiger partial charge in [-0.1, -0.05) is 26.0 Å². The van der Waals surface area contributed by atoms with Crippen molar-refractivity contribution in [3.05, 3.63) is 71.7 Å². The maximum Gasteiger partial charge on any atom is 0.416 e. The molecule has 0 aliphatic carbocycles. The first kappa shape index (κ1) is 33.0. The van der Waals surface area contributed by atoms with Crippen LogP contribution >= 0.6 is 0 Å². The number of carbonyl (C=O) groups is 1. The summed E-state index contributed by atoms with van der Waals surface area (Å²) in [5, 5.41) is 0. The third-order valence-electron chi connectivity index (χ3n) is 8.18. The molecule has 2 fully saturated rings. The molecule has 0 radical (unpaired) electrons. The Hall–Kier alpha value is -3.42. The minimum absolute atomic E-state index is 0.0190. The van der Waals surface area contributed by atoms with Gasteiger partial charge in [-0.05, 0) is 67.6 Å². The van der Waals surface area contributed by atoms with E-state index in [0.29, 0.717) is 54.7 Å². The van der Waals surface area contributed by atoms with E-state index < -0.39 is 33.6 Å². The summed E-state index contributed by atoms with van der Waals surface area (Å²) < 4.78 is 80.7. The number of halogens is 4. The Balaban J connectivity index is 1.36. The Morgan fingerprint density at radius 3 is 2.24 bits per heavy atom. The molecule has 45 heavy (non-hydrogen) atoms. The van der Waals surface area contributed by atoms with Gasteiger partial charge in [-0.15, -0.1) is 0 Å². The van der Waals surface area contributed by atoms with Gasteiger partial charge in [-0.25, -0.2) is 22.8 Å². The average Bonchev–Trinajstić information content (AvgIpc) is 3.51. The fourth-order valence-electron chi connectivity index (χ4n) is 5.89. The molecule has 0 amide bonds. The predicted molar refractivity (Wildman–Crippen MR) is 163 cm³/mol. The molecular formula is C32H37F4N5O3S. The summed E-state index contributed by atoms with van der Waals surface area (Å²) in [6, 6.07) is 10.2. The molecule has 13 heteroatoms. The SMILES string of the molecule is CC(C)CN1CCN(c2nc(CCC(=O)[C@@H]3CCCN3S(=O)(=O)c3ccc(F)cc3)cc(-c3ccc(C(F)(F)F)cc3)n2)CC1. The van der Waals surface area contributed by atoms with E-state index in [1.54, 1.807) is 6.07 Å². The van der Waals surface area contributed by atoms with Crippen molar-refractivity contribution in [3.63, 3.8) is 0 Å². The number of carbonyl (C=O) groups excluding carboxylic acids is 1. The first-order valence-electron chi connectivity index (χ1n) is 15.1. The summed E-state index contributed by atoms with van der Waals surface area (Å²) in [6.45, 7) is 8.50. The lowest BCUT2D eigenvalue weighted by atomic mass is 10.0. The van der Waals surface area contributed by atoms with Gasteiger partial charge in [-0.3, -0.25) is 9.69 Å². The second kappa shape index (κ2) is 13.5. The fraction of sp³-hybridized carbons (Fsp3) is 0.469. The van der Waals surface area contributed by atoms with E-state index in [4.69, 9.17) is 9.97 Å². The number of benzene rings is 2. The fourth-order valence-corrected chi connectivity index (χ4v) is 7.57. The van der Waals surface area contributed by atoms with Gasteiger partial charge in [0, 0.05) is 56.9 Å². The zero-order valence-electron chi connectivity index (χ0n) is 25.3. The summed E-state index contributed by atoms with van der Waals surface area (Å²) >= 11 is 0. The van der Waals surface area contributed by atoms with E-state index in [0.717, 1.165) is 43.9 Å². The van der Waals surface area contributed by atoms with Crippen LogP contribution in [0.15, 0.2) is 59.5 Å². The number of piperazine rings is 1. The quantitative estimate of drug-likeness (QED) is 0.271. The highest BCUT2D eigenvalue weighted by atomic mass is 32.2. The number of rotatable bonds is 10. The van der Waals surface area contributed by atoms with Crippen LogP contribution in [-0.4, -0.2) is 78.7 Å². The molecular weight excluding hydrogens is 610 g/mol. The molecule has 2 aliphatic rings. The van der Waals surface area contributed by atoms with E-state index in [9.17, 15) is 30.8 Å². The summed E-state index contributed by atoms with van der Waals surface area (Å²) in [5.41, 5.74) is 0.718. The lowest BCUT2D eigenvalue weighted by molar-refractivity contribution is -0.137. The van der Waals surface area contributed by atoms with Gasteiger partial charge in [0.2, 0.25) is 16.0 Å². The maximum absolute atomic E-state index is 13.4. The third-order valence-corrected chi connectivity index (χ3v) is 10.1. The van der Waals surface area contributed by atoms with Crippen LogP contribution in [0.4, 0.5) is 23.5 Å². The minimum atomic E-state index is -4.46. The number of sulfonamides is 1. The number of hydrogen-bond donors (Lipinski definition) is 0. The van der Waals surface area contributed by atoms with Gasteiger partial charge >= 0.3 is 6.18 Å². The molecule has 2 aliphatic heterocycles. The van der Waals surface area contributed by atoms with Crippen LogP contribution < -0.4 is 4.90 Å². The predicted octanol–water partition coefficient (Wildman–Crippen LogP) is 5.43. The molecule has 0 spiro atoms. The molecule has 0 N–H and O–H groups in total. The minimum Gasteiger partial charge on any atom is -0.338 e. The Labute approximate surface area is 261 Å². The normalized spacial score (nSPS) is 18.6. The number of alkyl halides is 3. The lowest BCUT2D eigenvalue weighted by Crippen LogP contribution is -2.48. The molecule has 3 aromatic rings. The van der Waals surface area contributed by atoms with Crippen LogP contribution in [0.3, 0.4) is 0 Å². The molecule has 0 unspecified atom stereocenters. The molecule has 242 valence electrons. The van der Waals surface area contributed by atoms with Crippen LogP contribution in [-0.2, 0) is 27.4 Å². The smallest absolute Gasteiger partial charge is 0.338 e. The molecule has 5 rings (SSSR count). The number of nitrogens with zero attached hydrogens (tertiary/aromatic N) is 5. The summed E-state index contributed by atoms with van der Waals surface area (Å²) in [5.74, 6) is 0.166. The van der Waals surface area contributed by atoms with Gasteiger partial charge < -0.3 is 4.90 Å². The van der Waals surface area contributed by atoms with Crippen LogP contribution in [0, 0.1) is 11.7 Å². The summed E-state index contributed by atoms with van der Waals surface area (Å²) in [4.78, 5) is 27.2. The monoisotopic (exact) mass is 647 g/mol. The van der Waals surface area contributed by atoms with Crippen LogP contribution in [0.2, 0.25) is 0 Å². The van der Waals surface area contributed by atoms with Gasteiger partial charge in [-0.2, -0.15) is 17.5 Å². The molecule has 0 bridgehead atoms. The number of ketones is 1. The van der Waals surface area contributed by atoms with Gasteiger partial charge in [0.15, 0.2) is 5.78 Å². The molecule has 0 saturated carbocycles. The number of aryl methyl sites for hydroxylation is 1. The topological polar surface area (TPSA) is 86.7 Å². The number of Topliss-reactive ketones (excluding diaryl/α,β-unsaturated/α-hetero) is 1. The number of aromatic nitrogens is 2. The molecule has 3 heterocycles. The molecule has 1 atom stereocenters. The lowest BCUT2D eigenvalue weighted by Gasteiger charge is -2.35.